The Labute approximate surface area is 138 Å². The smallest absolute Gasteiger partial charge is 0.243 e. The third kappa shape index (κ3) is 3.25. The molecule has 0 aromatic heterocycles. The molecule has 22 heavy (non-hydrogen) atoms. The van der Waals surface area contributed by atoms with Crippen LogP contribution in [0.2, 0.25) is 0 Å². The van der Waals surface area contributed by atoms with Gasteiger partial charge in [0.15, 0.2) is 0 Å². The van der Waals surface area contributed by atoms with E-state index in [1.54, 1.807) is 22.5 Å². The molecular weight excluding hydrogens is 324 g/mol. The first-order valence-electron chi connectivity index (χ1n) is 7.55. The van der Waals surface area contributed by atoms with Gasteiger partial charge >= 0.3 is 0 Å². The summed E-state index contributed by atoms with van der Waals surface area (Å²) in [5, 5.41) is 3.09. The minimum Gasteiger partial charge on any atom is -0.493 e. The summed E-state index contributed by atoms with van der Waals surface area (Å²) in [7, 11) is -1.55. The molecule has 1 saturated heterocycles. The van der Waals surface area contributed by atoms with Crippen molar-refractivity contribution in [3.63, 3.8) is 0 Å². The van der Waals surface area contributed by atoms with E-state index in [2.05, 4.69) is 5.32 Å². The Balaban J connectivity index is 0.00000176. The highest BCUT2D eigenvalue weighted by Crippen LogP contribution is 2.31. The summed E-state index contributed by atoms with van der Waals surface area (Å²) in [6.45, 7) is 2.03. The molecule has 1 fully saturated rings. The number of sulfonamides is 1. The third-order valence-electron chi connectivity index (χ3n) is 4.25. The molecule has 1 aromatic rings. The molecule has 0 amide bonds. The van der Waals surface area contributed by atoms with Crippen molar-refractivity contribution in [3.05, 3.63) is 23.8 Å². The van der Waals surface area contributed by atoms with Crippen molar-refractivity contribution in [2.24, 2.45) is 0 Å². The quantitative estimate of drug-likeness (QED) is 0.903. The highest BCUT2D eigenvalue weighted by molar-refractivity contribution is 7.89. The Morgan fingerprint density at radius 3 is 2.95 bits per heavy atom. The third-order valence-corrected chi connectivity index (χ3v) is 6.20. The second kappa shape index (κ2) is 7.17. The van der Waals surface area contributed by atoms with Crippen molar-refractivity contribution in [2.75, 3.05) is 26.7 Å². The van der Waals surface area contributed by atoms with Gasteiger partial charge in [-0.25, -0.2) is 8.42 Å². The van der Waals surface area contributed by atoms with Crippen LogP contribution in [0.3, 0.4) is 0 Å². The van der Waals surface area contributed by atoms with Gasteiger partial charge in [-0.3, -0.25) is 0 Å². The average Bonchev–Trinajstić information content (AvgIpc) is 2.96. The monoisotopic (exact) mass is 346 g/mol. The molecule has 1 unspecified atom stereocenters. The summed E-state index contributed by atoms with van der Waals surface area (Å²) in [5.41, 5.74) is 1.01. The standard InChI is InChI=1S/C15H22N2O3S.ClH/c1-16-11-13-5-2-8-17(13)21(18,19)14-6-7-15-12(10-14)4-3-9-20-15;/h6-7,10,13,16H,2-5,8-9,11H2,1H3;1H. The van der Waals surface area contributed by atoms with Crippen LogP contribution >= 0.6 is 12.4 Å². The molecule has 1 aromatic carbocycles. The minimum atomic E-state index is -3.41. The van der Waals surface area contributed by atoms with Gasteiger partial charge in [-0.1, -0.05) is 0 Å². The molecule has 1 N–H and O–H groups in total. The molecule has 2 heterocycles. The molecule has 124 valence electrons. The van der Waals surface area contributed by atoms with Crippen LogP contribution in [0.5, 0.6) is 5.75 Å². The lowest BCUT2D eigenvalue weighted by Crippen LogP contribution is -2.40. The van der Waals surface area contributed by atoms with Crippen molar-refractivity contribution in [1.82, 2.24) is 9.62 Å². The number of likely N-dealkylation sites (N-methyl/N-ethyl adjacent to an activating group) is 1. The lowest BCUT2D eigenvalue weighted by molar-refractivity contribution is 0.288. The SMILES string of the molecule is CNCC1CCCN1S(=O)(=O)c1ccc2c(c1)CCCO2.Cl. The van der Waals surface area contributed by atoms with Gasteiger partial charge in [0.1, 0.15) is 5.75 Å². The Hall–Kier alpha value is -0.820. The Bertz CT molecular complexity index is 621. The van der Waals surface area contributed by atoms with E-state index < -0.39 is 10.0 Å². The molecule has 0 radical (unpaired) electrons. The van der Waals surface area contributed by atoms with Crippen molar-refractivity contribution >= 4 is 22.4 Å². The molecule has 0 saturated carbocycles. The fourth-order valence-corrected chi connectivity index (χ4v) is 4.94. The van der Waals surface area contributed by atoms with Gasteiger partial charge in [-0.15, -0.1) is 12.4 Å². The van der Waals surface area contributed by atoms with Crippen molar-refractivity contribution in [3.8, 4) is 5.75 Å². The molecule has 1 atom stereocenters. The van der Waals surface area contributed by atoms with E-state index in [0.717, 1.165) is 43.6 Å². The van der Waals surface area contributed by atoms with E-state index in [0.29, 0.717) is 18.0 Å². The van der Waals surface area contributed by atoms with Crippen molar-refractivity contribution in [1.29, 1.82) is 0 Å². The molecule has 2 aliphatic rings. The van der Waals surface area contributed by atoms with Crippen LogP contribution in [0.15, 0.2) is 23.1 Å². The van der Waals surface area contributed by atoms with E-state index in [9.17, 15) is 8.42 Å². The summed E-state index contributed by atoms with van der Waals surface area (Å²) in [6, 6.07) is 5.32. The molecular formula is C15H23ClN2O3S. The number of hydrogen-bond donors (Lipinski definition) is 1. The maximum atomic E-state index is 12.9. The number of nitrogens with one attached hydrogen (secondary N) is 1. The van der Waals surface area contributed by atoms with E-state index in [1.807, 2.05) is 7.05 Å². The van der Waals surface area contributed by atoms with Crippen LogP contribution in [-0.2, 0) is 16.4 Å². The molecule has 0 spiro atoms. The second-order valence-electron chi connectivity index (χ2n) is 5.69. The average molecular weight is 347 g/mol. The summed E-state index contributed by atoms with van der Waals surface area (Å²) in [4.78, 5) is 0.398. The number of rotatable bonds is 4. The zero-order valence-corrected chi connectivity index (χ0v) is 14.4. The first-order valence-corrected chi connectivity index (χ1v) is 8.99. The largest absolute Gasteiger partial charge is 0.493 e. The van der Waals surface area contributed by atoms with E-state index in [1.165, 1.54) is 0 Å². The highest BCUT2D eigenvalue weighted by atomic mass is 35.5. The van der Waals surface area contributed by atoms with Gasteiger partial charge in [-0.2, -0.15) is 4.31 Å². The van der Waals surface area contributed by atoms with Gasteiger partial charge < -0.3 is 10.1 Å². The Kier molecular flexibility index (Phi) is 5.71. The predicted molar refractivity (Wildman–Crippen MR) is 88.3 cm³/mol. The second-order valence-corrected chi connectivity index (χ2v) is 7.58. The Morgan fingerprint density at radius 1 is 1.36 bits per heavy atom. The summed E-state index contributed by atoms with van der Waals surface area (Å²) < 4.78 is 32.9. The first kappa shape index (κ1) is 17.5. The maximum absolute atomic E-state index is 12.9. The number of hydrogen-bond acceptors (Lipinski definition) is 4. The van der Waals surface area contributed by atoms with Gasteiger partial charge in [0.2, 0.25) is 10.0 Å². The van der Waals surface area contributed by atoms with E-state index >= 15 is 0 Å². The number of halogens is 1. The fourth-order valence-electron chi connectivity index (χ4n) is 3.20. The topological polar surface area (TPSA) is 58.6 Å². The van der Waals surface area contributed by atoms with E-state index in [4.69, 9.17) is 4.74 Å². The van der Waals surface area contributed by atoms with Gasteiger partial charge in [-0.05, 0) is 56.5 Å². The lowest BCUT2D eigenvalue weighted by Gasteiger charge is -2.25. The summed E-state index contributed by atoms with van der Waals surface area (Å²) in [6.07, 6.45) is 3.69. The van der Waals surface area contributed by atoms with Crippen LogP contribution in [0.4, 0.5) is 0 Å². The molecule has 0 aliphatic carbocycles. The predicted octanol–water partition coefficient (Wildman–Crippen LogP) is 1.81. The zero-order chi connectivity index (χ0) is 14.9. The molecule has 3 rings (SSSR count). The minimum absolute atomic E-state index is 0. The van der Waals surface area contributed by atoms with Crippen molar-refractivity contribution in [2.45, 2.75) is 36.6 Å². The normalized spacial score (nSPS) is 21.8. The first-order chi connectivity index (χ1) is 10.1. The molecule has 0 bridgehead atoms. The molecule has 7 heteroatoms. The van der Waals surface area contributed by atoms with Crippen LogP contribution in [0, 0.1) is 0 Å². The van der Waals surface area contributed by atoms with Crippen LogP contribution < -0.4 is 10.1 Å². The molecule has 5 nitrogen and oxygen atoms in total. The number of nitrogens with zero attached hydrogens (tertiary/aromatic N) is 1. The van der Waals surface area contributed by atoms with Gasteiger partial charge in [0.05, 0.1) is 11.5 Å². The summed E-state index contributed by atoms with van der Waals surface area (Å²) >= 11 is 0. The van der Waals surface area contributed by atoms with Crippen LogP contribution in [0.1, 0.15) is 24.8 Å². The summed E-state index contributed by atoms with van der Waals surface area (Å²) in [5.74, 6) is 0.827. The number of fused-ring (bicyclic) bond motifs is 1. The van der Waals surface area contributed by atoms with Gasteiger partial charge in [0.25, 0.3) is 0 Å². The number of benzene rings is 1. The number of ether oxygens (including phenoxy) is 1. The van der Waals surface area contributed by atoms with Crippen LogP contribution in [0.25, 0.3) is 0 Å². The van der Waals surface area contributed by atoms with E-state index in [-0.39, 0.29) is 18.4 Å². The lowest BCUT2D eigenvalue weighted by atomic mass is 10.1. The van der Waals surface area contributed by atoms with Gasteiger partial charge in [0, 0.05) is 19.1 Å². The highest BCUT2D eigenvalue weighted by Gasteiger charge is 2.35. The van der Waals surface area contributed by atoms with Crippen molar-refractivity contribution < 1.29 is 13.2 Å². The zero-order valence-electron chi connectivity index (χ0n) is 12.7. The van der Waals surface area contributed by atoms with Crippen LogP contribution in [-0.4, -0.2) is 45.5 Å². The Morgan fingerprint density at radius 2 is 2.18 bits per heavy atom. The maximum Gasteiger partial charge on any atom is 0.243 e. The molecule has 2 aliphatic heterocycles. The fraction of sp³-hybridized carbons (Fsp3) is 0.600. The number of aryl methyl sites for hydroxylation is 1.